The monoisotopic (exact) mass is 1840 g/mol. The Morgan fingerprint density at radius 2 is 0.851 bits per heavy atom. The van der Waals surface area contributed by atoms with Gasteiger partial charge in [-0.1, -0.05) is 49.4 Å². The second-order valence-corrected chi connectivity index (χ2v) is 42.4. The van der Waals surface area contributed by atoms with Crippen LogP contribution >= 0.6 is 0 Å². The second-order valence-electron chi connectivity index (χ2n) is 42.4. The lowest BCUT2D eigenvalue weighted by Crippen LogP contribution is -2.49. The van der Waals surface area contributed by atoms with Crippen molar-refractivity contribution >= 4 is 62.9 Å². The molecule has 33 heteroatoms. The molecule has 6 saturated carbocycles. The molecule has 6 unspecified atom stereocenters. The number of para-hydroxylation sites is 2. The fraction of sp³-hybridized carbons (Fsp3) is 0.574. The van der Waals surface area contributed by atoms with E-state index in [2.05, 4.69) is 138 Å². The number of halogens is 3. The molecule has 6 amide bonds. The third-order valence-corrected chi connectivity index (χ3v) is 29.1. The van der Waals surface area contributed by atoms with Crippen LogP contribution < -0.4 is 78.0 Å². The van der Waals surface area contributed by atoms with Gasteiger partial charge in [0.15, 0.2) is 11.3 Å². The lowest BCUT2D eigenvalue weighted by atomic mass is 9.90. The number of nitrogens with one attached hydrogen (secondary N) is 12. The Morgan fingerprint density at radius 1 is 0.433 bits per heavy atom. The van der Waals surface area contributed by atoms with Crippen molar-refractivity contribution in [3.8, 4) is 17.4 Å². The van der Waals surface area contributed by atoms with Crippen LogP contribution in [-0.4, -0.2) is 195 Å². The van der Waals surface area contributed by atoms with Gasteiger partial charge >= 0.3 is 6.18 Å². The summed E-state index contributed by atoms with van der Waals surface area (Å²) in [5.41, 5.74) is 3.76. The zero-order valence-electron chi connectivity index (χ0n) is 80.2. The Hall–Kier alpha value is -10.8. The molecule has 718 valence electrons. The number of hydrogen-bond acceptors (Lipinski definition) is 22. The quantitative estimate of drug-likeness (QED) is 0.0254. The average Bonchev–Trinajstić information content (AvgIpc) is 1.57. The first-order valence-corrected chi connectivity index (χ1v) is 47.6. The van der Waals surface area contributed by atoms with E-state index in [0.717, 1.165) is 147 Å². The lowest BCUT2D eigenvalue weighted by molar-refractivity contribution is -0.139. The molecular weight excluding hydrogens is 1710 g/mol. The van der Waals surface area contributed by atoms with Gasteiger partial charge in [-0.2, -0.15) is 18.3 Å². The van der Waals surface area contributed by atoms with E-state index in [1.54, 1.807) is 61.6 Å². The molecule has 7 aromatic heterocycles. The van der Waals surface area contributed by atoms with Crippen molar-refractivity contribution in [1.29, 1.82) is 0 Å². The van der Waals surface area contributed by atoms with Gasteiger partial charge in [-0.25, -0.2) is 15.0 Å². The van der Waals surface area contributed by atoms with Crippen LogP contribution in [0.15, 0.2) is 128 Å². The number of carbonyl (C=O) groups is 6. The van der Waals surface area contributed by atoms with Crippen molar-refractivity contribution in [1.82, 2.24) is 108 Å². The number of nitrogens with zero attached hydrogens (tertiary/aromatic N) is 9. The third-order valence-electron chi connectivity index (χ3n) is 29.1. The van der Waals surface area contributed by atoms with Gasteiger partial charge in [-0.05, 0) is 325 Å². The molecule has 6 aliphatic heterocycles. The van der Waals surface area contributed by atoms with Crippen LogP contribution in [0.5, 0.6) is 17.4 Å². The van der Waals surface area contributed by atoms with E-state index < -0.39 is 34.0 Å². The molecule has 6 aliphatic carbocycles. The van der Waals surface area contributed by atoms with E-state index >= 15 is 0 Å². The number of pyridine rings is 4. The Bertz CT molecular complexity index is 5660. The number of ether oxygens (including phenoxy) is 3. The highest BCUT2D eigenvalue weighted by molar-refractivity contribution is 5.89. The summed E-state index contributed by atoms with van der Waals surface area (Å²) in [6.07, 6.45) is 6.39. The topological polar surface area (TPSA) is 374 Å². The van der Waals surface area contributed by atoms with Crippen LogP contribution in [0, 0.1) is 127 Å². The fourth-order valence-electron chi connectivity index (χ4n) is 21.5. The van der Waals surface area contributed by atoms with E-state index in [4.69, 9.17) is 14.2 Å². The maximum Gasteiger partial charge on any atom is 0.435 e. The van der Waals surface area contributed by atoms with E-state index in [0.29, 0.717) is 96.7 Å². The van der Waals surface area contributed by atoms with E-state index in [-0.39, 0.29) is 93.4 Å². The number of hydrogen-bond donors (Lipinski definition) is 12. The number of carbonyl (C=O) groups excluding carboxylic acids is 6. The number of fused-ring (bicyclic) bond motifs is 9. The van der Waals surface area contributed by atoms with Crippen LogP contribution in [0.2, 0.25) is 0 Å². The van der Waals surface area contributed by atoms with Gasteiger partial charge in [0.25, 0.3) is 0 Å². The van der Waals surface area contributed by atoms with E-state index in [1.807, 2.05) is 138 Å². The van der Waals surface area contributed by atoms with Crippen LogP contribution in [-0.2, 0) is 65.0 Å². The number of amides is 6. The number of benzene rings is 2. The van der Waals surface area contributed by atoms with Crippen molar-refractivity contribution in [2.24, 2.45) is 114 Å². The number of aromatic nitrogens is 9. The van der Waals surface area contributed by atoms with Crippen molar-refractivity contribution in [3.05, 3.63) is 173 Å². The van der Waals surface area contributed by atoms with Gasteiger partial charge in [0, 0.05) is 90.0 Å². The SMILES string of the molecule is CC(C)(NC(=O)C1[C@H]2CNC[C@@H]12)c1nc(C(F)(F)F)c2ccccn12.CCc1ccccc1OCC(C)(C)NC(=O)C1[C@H]2CNC[C@@H]12.Cc1cc(C(C)(C)NC(=O)C2[C@H]3CNC[C@@H]23)c2ccccc2n1.Cc1ccncc1OCC(C)(C)NC(=O)C1[C@H]2CNC[C@@H]12.Cc1nccnc1OCC(C)(C)NC(=O)C1[C@H]2CNC[C@@H]12.Cn1nc(C(C)(C)NC(=O)C2[C@H]3CNC[C@@H]23)c2cccnc21. The Balaban J connectivity index is 0.000000117. The van der Waals surface area contributed by atoms with Gasteiger partial charge < -0.3 is 82.4 Å². The molecule has 9 aromatic rings. The number of rotatable bonds is 25. The molecule has 2 aromatic carbocycles. The van der Waals surface area contributed by atoms with Gasteiger partial charge in [0.1, 0.15) is 37.1 Å². The summed E-state index contributed by atoms with van der Waals surface area (Å²) >= 11 is 0. The minimum Gasteiger partial charge on any atom is -0.491 e. The minimum atomic E-state index is -4.55. The number of imidazole rings is 1. The molecule has 12 fully saturated rings. The summed E-state index contributed by atoms with van der Waals surface area (Å²) in [5.74, 6) is 10.1. The van der Waals surface area contributed by atoms with Gasteiger partial charge in [0.2, 0.25) is 41.3 Å². The molecule has 13 heterocycles. The number of alkyl halides is 3. The summed E-state index contributed by atoms with van der Waals surface area (Å²) in [7, 11) is 1.88. The lowest BCUT2D eigenvalue weighted by Gasteiger charge is -2.29. The Labute approximate surface area is 782 Å². The smallest absolute Gasteiger partial charge is 0.435 e. The standard InChI is InChI=1S/C19H23N3O.C18H26N2O2.C17H19F3N4O.C16H21N5O.C16H23N3O2.C15H22N4O2/c1-11-8-15(12-6-4-5-7-16(12)21-11)19(2,3)22-18(23)17-13-9-20-10-14(13)17;1-4-12-7-5-6-8-15(12)22-11-18(2,3)20-17(21)16-13-9-19-10-14(13)16;1-16(2,23-14(25)12-9-7-21-8-10(9)12)15-22-13(17(18,19)20)11-5-3-4-6-24(11)15;1-16(2,19-15(22)12-10-7-17-8-11(10)12)13-9-5-4-6-18-14(9)21(3)20-13;1-10-4-5-17-8-13(10)21-9-16(2,3)19-15(20)14-11-6-18-7-12(11)14;1-9-14(18-5-4-17-9)21-8-15(2,3)19-13(20)12-10-6-16-7-11(10)12/h4-8,13-14,17,20H,9-10H2,1-3H3,(H,22,23);5-8,13-14,16,19H,4,9-11H2,1-3H3,(H,20,21);3-6,9-10,12,21H,7-8H2,1-2H3,(H,23,25);4-6,10-12,17H,7-8H2,1-3H3,(H,19,22);4-5,8,11-12,14,18H,6-7,9H2,1-3H3,(H,19,20);4-5,10-12,16H,6-8H2,1-3H3,(H,19,20)/t13-,14+,17?;13-,14+,16?;9-,10+,12?;10-,11+,12?;11-,12+,14?;10-,11+,12?. The molecule has 12 aliphatic rings. The average molecular weight is 1840 g/mol. The molecule has 18 atom stereocenters. The first-order chi connectivity index (χ1) is 63.6. The summed E-state index contributed by atoms with van der Waals surface area (Å²) in [6, 6.07) is 28.7. The Morgan fingerprint density at radius 3 is 1.32 bits per heavy atom. The predicted molar refractivity (Wildman–Crippen MR) is 503 cm³/mol. The molecule has 21 rings (SSSR count). The number of piperidine rings is 6. The summed E-state index contributed by atoms with van der Waals surface area (Å²) < 4.78 is 60.6. The van der Waals surface area contributed by atoms with Gasteiger partial charge in [0.05, 0.1) is 61.9 Å². The zero-order chi connectivity index (χ0) is 95.5. The molecule has 0 radical (unpaired) electrons. The third kappa shape index (κ3) is 21.5. The highest BCUT2D eigenvalue weighted by Gasteiger charge is 2.62. The van der Waals surface area contributed by atoms with Crippen LogP contribution in [0.3, 0.4) is 0 Å². The summed E-state index contributed by atoms with van der Waals surface area (Å²) in [5, 5.41) is 45.3. The zero-order valence-corrected chi connectivity index (χ0v) is 80.2. The second kappa shape index (κ2) is 38.4. The highest BCUT2D eigenvalue weighted by atomic mass is 19.4. The Kier molecular flexibility index (Phi) is 27.6. The molecule has 0 bridgehead atoms. The van der Waals surface area contributed by atoms with Crippen molar-refractivity contribution in [2.75, 3.05) is 98.4 Å². The highest BCUT2D eigenvalue weighted by Crippen LogP contribution is 2.54. The van der Waals surface area contributed by atoms with Crippen LogP contribution in [0.1, 0.15) is 135 Å². The fourth-order valence-corrected chi connectivity index (χ4v) is 21.5. The van der Waals surface area contributed by atoms with Crippen molar-refractivity contribution in [2.45, 2.75) is 157 Å². The maximum absolute atomic E-state index is 13.3. The normalized spacial score (nSPS) is 26.6. The minimum absolute atomic E-state index is 0.0141. The van der Waals surface area contributed by atoms with Gasteiger partial charge in [-0.15, -0.1) is 0 Å². The largest absolute Gasteiger partial charge is 0.491 e. The predicted octanol–water partition coefficient (Wildman–Crippen LogP) is 8.96. The van der Waals surface area contributed by atoms with Crippen LogP contribution in [0.25, 0.3) is 27.5 Å². The van der Waals surface area contributed by atoms with Crippen molar-refractivity contribution < 1.29 is 56.1 Å². The first-order valence-electron chi connectivity index (χ1n) is 47.6. The summed E-state index contributed by atoms with van der Waals surface area (Å²) in [6.45, 7) is 44.2. The number of aryl methyl sites for hydroxylation is 5. The molecule has 30 nitrogen and oxygen atoms in total. The molecular formula is C101H134F3N21O9. The van der Waals surface area contributed by atoms with Crippen LogP contribution in [0.4, 0.5) is 13.2 Å². The molecule has 0 spiro atoms. The molecule has 12 N–H and O–H groups in total. The first kappa shape index (κ1) is 96.3. The summed E-state index contributed by atoms with van der Waals surface area (Å²) in [4.78, 5) is 99.9. The van der Waals surface area contributed by atoms with Gasteiger partial charge in [-0.3, -0.25) is 48.4 Å². The van der Waals surface area contributed by atoms with E-state index in [9.17, 15) is 41.9 Å². The molecule has 6 saturated heterocycles. The van der Waals surface area contributed by atoms with Crippen molar-refractivity contribution in [3.63, 3.8) is 0 Å². The van der Waals surface area contributed by atoms with E-state index in [1.165, 1.54) is 22.2 Å². The maximum atomic E-state index is 13.3. The molecule has 134 heavy (non-hydrogen) atoms.